The molecular weight excluding hydrogens is 230 g/mol. The average Bonchev–Trinajstić information content (AvgIpc) is 2.96. The van der Waals surface area contributed by atoms with E-state index in [9.17, 15) is 5.11 Å². The number of benzene rings is 1. The minimum Gasteiger partial charge on any atom is -0.389 e. The molecule has 0 saturated carbocycles. The van der Waals surface area contributed by atoms with Gasteiger partial charge in [0.05, 0.1) is 6.10 Å². The van der Waals surface area contributed by atoms with Crippen molar-refractivity contribution in [1.29, 1.82) is 0 Å². The second kappa shape index (κ2) is 4.54. The van der Waals surface area contributed by atoms with Gasteiger partial charge in [-0.15, -0.1) is 0 Å². The SMILES string of the molecule is CC(O)c1cccc2c1CCN2C1CCSC1. The second-order valence-electron chi connectivity index (χ2n) is 4.98. The minimum atomic E-state index is -0.345. The number of thioether (sulfide) groups is 1. The lowest BCUT2D eigenvalue weighted by atomic mass is 10.0. The molecular formula is C14H19NOS. The van der Waals surface area contributed by atoms with Crippen LogP contribution in [0.15, 0.2) is 18.2 Å². The van der Waals surface area contributed by atoms with Crippen molar-refractivity contribution in [2.24, 2.45) is 0 Å². The zero-order valence-corrected chi connectivity index (χ0v) is 11.0. The number of aliphatic hydroxyl groups is 1. The van der Waals surface area contributed by atoms with E-state index in [2.05, 4.69) is 34.9 Å². The van der Waals surface area contributed by atoms with E-state index in [0.717, 1.165) is 18.5 Å². The summed E-state index contributed by atoms with van der Waals surface area (Å²) in [6.45, 7) is 2.99. The highest BCUT2D eigenvalue weighted by Gasteiger charge is 2.30. The van der Waals surface area contributed by atoms with Crippen LogP contribution in [0.25, 0.3) is 0 Å². The van der Waals surface area contributed by atoms with Gasteiger partial charge in [0.1, 0.15) is 0 Å². The zero-order chi connectivity index (χ0) is 11.8. The summed E-state index contributed by atoms with van der Waals surface area (Å²) >= 11 is 2.06. The van der Waals surface area contributed by atoms with Crippen LogP contribution < -0.4 is 4.90 Å². The van der Waals surface area contributed by atoms with Crippen LogP contribution in [0.1, 0.15) is 30.6 Å². The van der Waals surface area contributed by atoms with Gasteiger partial charge in [0.15, 0.2) is 0 Å². The van der Waals surface area contributed by atoms with E-state index in [1.54, 1.807) is 0 Å². The zero-order valence-electron chi connectivity index (χ0n) is 10.2. The molecule has 3 heteroatoms. The smallest absolute Gasteiger partial charge is 0.0765 e. The molecule has 1 aromatic carbocycles. The summed E-state index contributed by atoms with van der Waals surface area (Å²) in [5.41, 5.74) is 3.87. The Bertz CT molecular complexity index is 413. The van der Waals surface area contributed by atoms with Gasteiger partial charge < -0.3 is 10.0 Å². The first-order valence-electron chi connectivity index (χ1n) is 6.41. The van der Waals surface area contributed by atoms with Crippen molar-refractivity contribution >= 4 is 17.4 Å². The van der Waals surface area contributed by atoms with Crippen molar-refractivity contribution in [3.63, 3.8) is 0 Å². The normalized spacial score (nSPS) is 25.1. The molecule has 0 spiro atoms. The van der Waals surface area contributed by atoms with Crippen LogP contribution in [-0.4, -0.2) is 29.2 Å². The minimum absolute atomic E-state index is 0.345. The number of fused-ring (bicyclic) bond motifs is 1. The largest absolute Gasteiger partial charge is 0.389 e. The summed E-state index contributed by atoms with van der Waals surface area (Å²) in [4.78, 5) is 2.56. The second-order valence-corrected chi connectivity index (χ2v) is 6.13. The summed E-state index contributed by atoms with van der Waals surface area (Å²) < 4.78 is 0. The summed E-state index contributed by atoms with van der Waals surface area (Å²) in [5.74, 6) is 2.56. The van der Waals surface area contributed by atoms with Gasteiger partial charge in [-0.3, -0.25) is 0 Å². The summed E-state index contributed by atoms with van der Waals surface area (Å²) in [7, 11) is 0. The lowest BCUT2D eigenvalue weighted by Crippen LogP contribution is -2.33. The molecule has 0 radical (unpaired) electrons. The molecule has 92 valence electrons. The van der Waals surface area contributed by atoms with Gasteiger partial charge in [-0.1, -0.05) is 12.1 Å². The van der Waals surface area contributed by atoms with E-state index >= 15 is 0 Å². The molecule has 1 N–H and O–H groups in total. The summed E-state index contributed by atoms with van der Waals surface area (Å²) in [5, 5.41) is 9.82. The van der Waals surface area contributed by atoms with Crippen LogP contribution in [0.2, 0.25) is 0 Å². The van der Waals surface area contributed by atoms with Crippen molar-refractivity contribution in [2.45, 2.75) is 31.9 Å². The number of hydrogen-bond acceptors (Lipinski definition) is 3. The lowest BCUT2D eigenvalue weighted by molar-refractivity contribution is 0.198. The predicted octanol–water partition coefficient (Wildman–Crippen LogP) is 2.61. The Morgan fingerprint density at radius 1 is 1.47 bits per heavy atom. The van der Waals surface area contributed by atoms with Crippen LogP contribution in [-0.2, 0) is 6.42 Å². The van der Waals surface area contributed by atoms with Crippen molar-refractivity contribution in [3.8, 4) is 0 Å². The number of anilines is 1. The third kappa shape index (κ3) is 1.95. The van der Waals surface area contributed by atoms with Crippen LogP contribution in [0, 0.1) is 0 Å². The Hall–Kier alpha value is -0.670. The summed E-state index contributed by atoms with van der Waals surface area (Å²) in [6.07, 6.45) is 2.06. The molecule has 2 heterocycles. The molecule has 3 rings (SSSR count). The van der Waals surface area contributed by atoms with Gasteiger partial charge in [0.2, 0.25) is 0 Å². The third-order valence-electron chi connectivity index (χ3n) is 3.90. The van der Waals surface area contributed by atoms with Crippen LogP contribution in [0.5, 0.6) is 0 Å². The third-order valence-corrected chi connectivity index (χ3v) is 5.04. The van der Waals surface area contributed by atoms with E-state index in [-0.39, 0.29) is 6.10 Å². The first kappa shape index (κ1) is 11.4. The number of nitrogens with zero attached hydrogens (tertiary/aromatic N) is 1. The number of rotatable bonds is 2. The van der Waals surface area contributed by atoms with Gasteiger partial charge in [-0.2, -0.15) is 11.8 Å². The van der Waals surface area contributed by atoms with Gasteiger partial charge in [-0.05, 0) is 42.7 Å². The van der Waals surface area contributed by atoms with Gasteiger partial charge >= 0.3 is 0 Å². The first-order valence-corrected chi connectivity index (χ1v) is 7.57. The van der Waals surface area contributed by atoms with Crippen molar-refractivity contribution < 1.29 is 5.11 Å². The molecule has 2 aliphatic heterocycles. The molecule has 2 aliphatic rings. The Morgan fingerprint density at radius 2 is 2.35 bits per heavy atom. The highest BCUT2D eigenvalue weighted by Crippen LogP contribution is 2.37. The standard InChI is InChI=1S/C14H19NOS/c1-10(16)12-3-2-4-14-13(12)5-7-15(14)11-6-8-17-9-11/h2-4,10-11,16H,5-9H2,1H3. The quantitative estimate of drug-likeness (QED) is 0.871. The fraction of sp³-hybridized carbons (Fsp3) is 0.571. The number of aliphatic hydroxyl groups excluding tert-OH is 1. The van der Waals surface area contributed by atoms with E-state index in [1.807, 2.05) is 6.92 Å². The molecule has 1 saturated heterocycles. The van der Waals surface area contributed by atoms with Crippen LogP contribution >= 0.6 is 11.8 Å². The molecule has 17 heavy (non-hydrogen) atoms. The Morgan fingerprint density at radius 3 is 3.06 bits per heavy atom. The van der Waals surface area contributed by atoms with Crippen molar-refractivity contribution in [2.75, 3.05) is 23.0 Å². The van der Waals surface area contributed by atoms with Crippen LogP contribution in [0.4, 0.5) is 5.69 Å². The maximum absolute atomic E-state index is 9.82. The molecule has 2 unspecified atom stereocenters. The van der Waals surface area contributed by atoms with E-state index < -0.39 is 0 Å². The summed E-state index contributed by atoms with van der Waals surface area (Å²) in [6, 6.07) is 7.08. The molecule has 2 nitrogen and oxygen atoms in total. The highest BCUT2D eigenvalue weighted by atomic mass is 32.2. The van der Waals surface area contributed by atoms with E-state index in [0.29, 0.717) is 6.04 Å². The molecule has 1 aromatic rings. The molecule has 2 atom stereocenters. The Labute approximate surface area is 107 Å². The van der Waals surface area contributed by atoms with Gasteiger partial charge in [0.25, 0.3) is 0 Å². The van der Waals surface area contributed by atoms with E-state index in [1.165, 1.54) is 29.2 Å². The molecule has 0 aliphatic carbocycles. The maximum Gasteiger partial charge on any atom is 0.0765 e. The fourth-order valence-corrected chi connectivity index (χ4v) is 4.25. The molecule has 0 aromatic heterocycles. The Kier molecular flexibility index (Phi) is 3.05. The average molecular weight is 249 g/mol. The van der Waals surface area contributed by atoms with Gasteiger partial charge in [-0.25, -0.2) is 0 Å². The lowest BCUT2D eigenvalue weighted by Gasteiger charge is -2.26. The number of hydrogen-bond donors (Lipinski definition) is 1. The van der Waals surface area contributed by atoms with Gasteiger partial charge in [0, 0.05) is 24.0 Å². The topological polar surface area (TPSA) is 23.5 Å². The predicted molar refractivity (Wildman–Crippen MR) is 73.9 cm³/mol. The maximum atomic E-state index is 9.82. The van der Waals surface area contributed by atoms with Crippen molar-refractivity contribution in [1.82, 2.24) is 0 Å². The van der Waals surface area contributed by atoms with Crippen molar-refractivity contribution in [3.05, 3.63) is 29.3 Å². The monoisotopic (exact) mass is 249 g/mol. The highest BCUT2D eigenvalue weighted by molar-refractivity contribution is 7.99. The fourth-order valence-electron chi connectivity index (χ4n) is 3.02. The first-order chi connectivity index (χ1) is 8.27. The van der Waals surface area contributed by atoms with E-state index in [4.69, 9.17) is 0 Å². The molecule has 0 amide bonds. The molecule has 0 bridgehead atoms. The Balaban J connectivity index is 1.94. The molecule has 1 fully saturated rings. The van der Waals surface area contributed by atoms with Crippen LogP contribution in [0.3, 0.4) is 0 Å².